The highest BCUT2D eigenvalue weighted by Gasteiger charge is 2.24. The van der Waals surface area contributed by atoms with Gasteiger partial charge in [0.05, 0.1) is 24.0 Å². The number of fused-ring (bicyclic) bond motifs is 1. The normalized spacial score (nSPS) is 19.2. The summed E-state index contributed by atoms with van der Waals surface area (Å²) in [5.41, 5.74) is 0.412. The van der Waals surface area contributed by atoms with E-state index in [9.17, 15) is 14.4 Å². The number of hydrogen-bond donors (Lipinski definition) is 3. The van der Waals surface area contributed by atoms with Gasteiger partial charge in [-0.3, -0.25) is 19.8 Å². The van der Waals surface area contributed by atoms with Gasteiger partial charge in [0, 0.05) is 12.1 Å². The molecule has 2 atom stereocenters. The highest BCUT2D eigenvalue weighted by atomic mass is 16.2. The molecule has 1 aromatic carbocycles. The number of nitrogens with one attached hydrogen (secondary N) is 3. The SMILES string of the molecule is CC(C)N(CC(=O)NC(=O)N[C@@H]1CCCC[C@@H]1C)Cc1nc2ccccc2c(=O)[nH]1. The van der Waals surface area contributed by atoms with E-state index in [1.807, 2.05) is 24.8 Å². The molecule has 1 saturated carbocycles. The Bertz CT molecular complexity index is 955. The number of carbonyl (C=O) groups excluding carboxylic acids is 2. The van der Waals surface area contributed by atoms with Crippen molar-refractivity contribution in [2.24, 2.45) is 5.92 Å². The molecule has 0 spiro atoms. The maximum absolute atomic E-state index is 12.5. The number of rotatable bonds is 6. The second kappa shape index (κ2) is 9.84. The predicted octanol–water partition coefficient (Wildman–Crippen LogP) is 2.54. The van der Waals surface area contributed by atoms with E-state index in [0.29, 0.717) is 29.2 Å². The zero-order valence-corrected chi connectivity index (χ0v) is 17.9. The number of amides is 3. The second-order valence-electron chi connectivity index (χ2n) is 8.42. The fraction of sp³-hybridized carbons (Fsp3) is 0.545. The van der Waals surface area contributed by atoms with E-state index in [1.54, 1.807) is 18.2 Å². The van der Waals surface area contributed by atoms with Gasteiger partial charge in [0.2, 0.25) is 5.91 Å². The first-order chi connectivity index (χ1) is 14.3. The first kappa shape index (κ1) is 22.0. The van der Waals surface area contributed by atoms with Gasteiger partial charge in [-0.2, -0.15) is 0 Å². The number of benzene rings is 1. The van der Waals surface area contributed by atoms with Gasteiger partial charge < -0.3 is 10.3 Å². The molecule has 0 unspecified atom stereocenters. The van der Waals surface area contributed by atoms with Crippen LogP contribution in [0.2, 0.25) is 0 Å². The van der Waals surface area contributed by atoms with Crippen molar-refractivity contribution in [1.29, 1.82) is 0 Å². The van der Waals surface area contributed by atoms with Crippen LogP contribution in [-0.4, -0.2) is 45.4 Å². The summed E-state index contributed by atoms with van der Waals surface area (Å²) in [4.78, 5) is 46.1. The van der Waals surface area contributed by atoms with Crippen LogP contribution in [-0.2, 0) is 11.3 Å². The van der Waals surface area contributed by atoms with Crippen molar-refractivity contribution < 1.29 is 9.59 Å². The lowest BCUT2D eigenvalue weighted by molar-refractivity contribution is -0.121. The van der Waals surface area contributed by atoms with Crippen LogP contribution in [0.15, 0.2) is 29.1 Å². The van der Waals surface area contributed by atoms with Crippen molar-refractivity contribution in [3.63, 3.8) is 0 Å². The monoisotopic (exact) mass is 413 g/mol. The van der Waals surface area contributed by atoms with Crippen LogP contribution in [0.5, 0.6) is 0 Å². The average Bonchev–Trinajstić information content (AvgIpc) is 2.69. The van der Waals surface area contributed by atoms with E-state index in [4.69, 9.17) is 0 Å². The molecule has 2 aromatic rings. The lowest BCUT2D eigenvalue weighted by Crippen LogP contribution is -2.50. The lowest BCUT2D eigenvalue weighted by atomic mass is 9.86. The number of nitrogens with zero attached hydrogens (tertiary/aromatic N) is 2. The Labute approximate surface area is 176 Å². The van der Waals surface area contributed by atoms with Gasteiger partial charge in [-0.15, -0.1) is 0 Å². The van der Waals surface area contributed by atoms with Crippen LogP contribution in [0.1, 0.15) is 52.3 Å². The summed E-state index contributed by atoms with van der Waals surface area (Å²) in [6.07, 6.45) is 4.33. The van der Waals surface area contributed by atoms with Gasteiger partial charge >= 0.3 is 6.03 Å². The van der Waals surface area contributed by atoms with E-state index in [0.717, 1.165) is 19.3 Å². The molecule has 3 amide bonds. The standard InChI is InChI=1S/C22H31N5O3/c1-14(2)27(12-19-23-18-11-7-5-9-16(18)21(29)25-19)13-20(28)26-22(30)24-17-10-6-4-8-15(17)3/h5,7,9,11,14-15,17H,4,6,8,10,12-13H2,1-3H3,(H,23,25,29)(H2,24,26,28,30)/t15-,17+/m0/s1. The van der Waals surface area contributed by atoms with Crippen LogP contribution >= 0.6 is 0 Å². The van der Waals surface area contributed by atoms with Crippen LogP contribution in [0.25, 0.3) is 10.9 Å². The molecule has 3 N–H and O–H groups in total. The third kappa shape index (κ3) is 5.66. The van der Waals surface area contributed by atoms with E-state index in [2.05, 4.69) is 27.5 Å². The van der Waals surface area contributed by atoms with Gasteiger partial charge in [0.15, 0.2) is 0 Å². The minimum atomic E-state index is -0.445. The van der Waals surface area contributed by atoms with Crippen LogP contribution in [0, 0.1) is 5.92 Å². The molecular formula is C22H31N5O3. The van der Waals surface area contributed by atoms with Crippen molar-refractivity contribution in [1.82, 2.24) is 25.5 Å². The van der Waals surface area contributed by atoms with E-state index in [1.165, 1.54) is 6.42 Å². The number of imide groups is 1. The molecule has 1 fully saturated rings. The third-order valence-electron chi connectivity index (χ3n) is 5.77. The molecule has 0 saturated heterocycles. The molecule has 162 valence electrons. The predicted molar refractivity (Wildman–Crippen MR) is 116 cm³/mol. The van der Waals surface area contributed by atoms with Crippen LogP contribution in [0.4, 0.5) is 4.79 Å². The van der Waals surface area contributed by atoms with E-state index in [-0.39, 0.29) is 30.1 Å². The summed E-state index contributed by atoms with van der Waals surface area (Å²) in [5.74, 6) is 0.524. The number of aromatic nitrogens is 2. The Morgan fingerprint density at radius 3 is 2.70 bits per heavy atom. The number of hydrogen-bond acceptors (Lipinski definition) is 5. The van der Waals surface area contributed by atoms with Crippen molar-refractivity contribution in [3.05, 3.63) is 40.4 Å². The van der Waals surface area contributed by atoms with Crippen molar-refractivity contribution in [2.75, 3.05) is 6.54 Å². The zero-order chi connectivity index (χ0) is 21.7. The summed E-state index contributed by atoms with van der Waals surface area (Å²) in [7, 11) is 0. The average molecular weight is 414 g/mol. The largest absolute Gasteiger partial charge is 0.335 e. The number of para-hydroxylation sites is 1. The highest BCUT2D eigenvalue weighted by molar-refractivity contribution is 5.95. The summed E-state index contributed by atoms with van der Waals surface area (Å²) in [6.45, 7) is 6.37. The Kier molecular flexibility index (Phi) is 7.20. The summed E-state index contributed by atoms with van der Waals surface area (Å²) < 4.78 is 0. The molecule has 0 radical (unpaired) electrons. The van der Waals surface area contributed by atoms with Gasteiger partial charge in [-0.25, -0.2) is 9.78 Å². The van der Waals surface area contributed by atoms with E-state index >= 15 is 0 Å². The zero-order valence-electron chi connectivity index (χ0n) is 17.9. The molecule has 3 rings (SSSR count). The van der Waals surface area contributed by atoms with Gasteiger partial charge in [0.25, 0.3) is 5.56 Å². The molecule has 1 aliphatic rings. The molecule has 1 aromatic heterocycles. The van der Waals surface area contributed by atoms with Crippen molar-refractivity contribution in [3.8, 4) is 0 Å². The smallest absolute Gasteiger partial charge is 0.321 e. The van der Waals surface area contributed by atoms with Crippen LogP contribution < -0.4 is 16.2 Å². The minimum Gasteiger partial charge on any atom is -0.335 e. The Hall–Kier alpha value is -2.74. The number of urea groups is 1. The number of H-pyrrole nitrogens is 1. The molecule has 30 heavy (non-hydrogen) atoms. The molecule has 1 heterocycles. The maximum Gasteiger partial charge on any atom is 0.321 e. The highest BCUT2D eigenvalue weighted by Crippen LogP contribution is 2.23. The first-order valence-corrected chi connectivity index (χ1v) is 10.7. The van der Waals surface area contributed by atoms with Gasteiger partial charge in [0.1, 0.15) is 5.82 Å². The molecular weight excluding hydrogens is 382 g/mol. The molecule has 0 bridgehead atoms. The molecule has 1 aliphatic carbocycles. The Morgan fingerprint density at radius 2 is 1.97 bits per heavy atom. The van der Waals surface area contributed by atoms with Crippen LogP contribution in [0.3, 0.4) is 0 Å². The minimum absolute atomic E-state index is 0.0222. The van der Waals surface area contributed by atoms with Gasteiger partial charge in [-0.1, -0.05) is 31.9 Å². The van der Waals surface area contributed by atoms with Gasteiger partial charge in [-0.05, 0) is 44.7 Å². The Morgan fingerprint density at radius 1 is 1.23 bits per heavy atom. The second-order valence-corrected chi connectivity index (χ2v) is 8.42. The van der Waals surface area contributed by atoms with Crippen molar-refractivity contribution in [2.45, 2.75) is 65.1 Å². The fourth-order valence-electron chi connectivity index (χ4n) is 3.91. The quantitative estimate of drug-likeness (QED) is 0.675. The third-order valence-corrected chi connectivity index (χ3v) is 5.77. The van der Waals surface area contributed by atoms with E-state index < -0.39 is 6.03 Å². The summed E-state index contributed by atoms with van der Waals surface area (Å²) in [6, 6.07) is 6.83. The Balaban J connectivity index is 1.60. The number of carbonyl (C=O) groups is 2. The summed E-state index contributed by atoms with van der Waals surface area (Å²) in [5, 5.41) is 5.90. The lowest BCUT2D eigenvalue weighted by Gasteiger charge is -2.29. The fourth-order valence-corrected chi connectivity index (χ4v) is 3.91. The molecule has 8 nitrogen and oxygen atoms in total. The number of aromatic amines is 1. The van der Waals surface area contributed by atoms with Crippen molar-refractivity contribution >= 4 is 22.8 Å². The topological polar surface area (TPSA) is 107 Å². The molecule has 8 heteroatoms. The molecule has 0 aliphatic heterocycles. The summed E-state index contributed by atoms with van der Waals surface area (Å²) >= 11 is 0. The maximum atomic E-state index is 12.5. The first-order valence-electron chi connectivity index (χ1n) is 10.7.